The van der Waals surface area contributed by atoms with E-state index in [1.807, 2.05) is 13.8 Å². The molecule has 0 aromatic heterocycles. The molecular weight excluding hydrogens is 326 g/mol. The molecule has 23 heavy (non-hydrogen) atoms. The Morgan fingerprint density at radius 3 is 2.48 bits per heavy atom. The quantitative estimate of drug-likeness (QED) is 0.792. The first-order valence-corrected chi connectivity index (χ1v) is 9.17. The molecule has 5 nitrogen and oxygen atoms in total. The van der Waals surface area contributed by atoms with Gasteiger partial charge in [-0.25, -0.2) is 17.2 Å². The molecule has 1 aliphatic heterocycles. The lowest BCUT2D eigenvalue weighted by Crippen LogP contribution is -2.49. The number of halogens is 2. The summed E-state index contributed by atoms with van der Waals surface area (Å²) < 4.78 is 57.5. The van der Waals surface area contributed by atoms with Crippen LogP contribution >= 0.6 is 0 Å². The normalized spacial score (nSPS) is 23.1. The second-order valence-electron chi connectivity index (χ2n) is 5.82. The Morgan fingerprint density at radius 1 is 1.22 bits per heavy atom. The van der Waals surface area contributed by atoms with Crippen LogP contribution in [0.4, 0.5) is 8.78 Å². The monoisotopic (exact) mass is 348 g/mol. The summed E-state index contributed by atoms with van der Waals surface area (Å²) >= 11 is 0. The topological polar surface area (TPSA) is 58.6 Å². The Hall–Kier alpha value is -1.09. The summed E-state index contributed by atoms with van der Waals surface area (Å²) in [5.74, 6) is -1.85. The molecule has 1 N–H and O–H groups in total. The highest BCUT2D eigenvalue weighted by Gasteiger charge is 2.30. The van der Waals surface area contributed by atoms with Gasteiger partial charge in [-0.3, -0.25) is 0 Å². The summed E-state index contributed by atoms with van der Waals surface area (Å²) in [4.78, 5) is 0. The van der Waals surface area contributed by atoms with Crippen molar-refractivity contribution in [2.24, 2.45) is 0 Å². The molecule has 2 rings (SSSR count). The van der Waals surface area contributed by atoms with E-state index in [4.69, 9.17) is 4.74 Å². The third kappa shape index (κ3) is 5.20. The Balaban J connectivity index is 1.81. The first kappa shape index (κ1) is 18.3. The summed E-state index contributed by atoms with van der Waals surface area (Å²) in [5, 5.41) is 2.94. The van der Waals surface area contributed by atoms with Crippen molar-refractivity contribution in [1.82, 2.24) is 9.62 Å². The van der Waals surface area contributed by atoms with Gasteiger partial charge in [0, 0.05) is 26.2 Å². The Morgan fingerprint density at radius 2 is 1.87 bits per heavy atom. The summed E-state index contributed by atoms with van der Waals surface area (Å²) in [7, 11) is -3.36. The van der Waals surface area contributed by atoms with Gasteiger partial charge in [0.25, 0.3) is 0 Å². The number of rotatable bonds is 6. The first-order chi connectivity index (χ1) is 10.8. The molecule has 2 atom stereocenters. The Labute approximate surface area is 135 Å². The van der Waals surface area contributed by atoms with Crippen LogP contribution in [0.2, 0.25) is 0 Å². The minimum absolute atomic E-state index is 0.0455. The maximum absolute atomic E-state index is 13.1. The predicted molar refractivity (Wildman–Crippen MR) is 83.4 cm³/mol. The largest absolute Gasteiger partial charge is 0.373 e. The molecule has 0 bridgehead atoms. The second kappa shape index (κ2) is 7.65. The molecule has 8 heteroatoms. The molecule has 0 spiro atoms. The van der Waals surface area contributed by atoms with E-state index in [-0.39, 0.29) is 31.1 Å². The molecule has 0 unspecified atom stereocenters. The number of ether oxygens (including phenoxy) is 1. The van der Waals surface area contributed by atoms with E-state index < -0.39 is 21.7 Å². The fraction of sp³-hybridized carbons (Fsp3) is 0.600. The van der Waals surface area contributed by atoms with Crippen molar-refractivity contribution < 1.29 is 21.9 Å². The molecule has 0 amide bonds. The van der Waals surface area contributed by atoms with E-state index >= 15 is 0 Å². The highest BCUT2D eigenvalue weighted by Crippen LogP contribution is 2.14. The zero-order valence-electron chi connectivity index (χ0n) is 13.3. The summed E-state index contributed by atoms with van der Waals surface area (Å²) in [5.41, 5.74) is 0.565. The van der Waals surface area contributed by atoms with Crippen LogP contribution in [0.3, 0.4) is 0 Å². The van der Waals surface area contributed by atoms with Crippen LogP contribution in [0.1, 0.15) is 19.4 Å². The van der Waals surface area contributed by atoms with Crippen molar-refractivity contribution in [2.45, 2.75) is 32.6 Å². The zero-order chi connectivity index (χ0) is 17.0. The lowest BCUT2D eigenvalue weighted by Gasteiger charge is -2.34. The molecule has 130 valence electrons. The molecule has 1 aromatic rings. The van der Waals surface area contributed by atoms with Gasteiger partial charge < -0.3 is 10.1 Å². The molecule has 0 radical (unpaired) electrons. The van der Waals surface area contributed by atoms with E-state index in [0.29, 0.717) is 18.7 Å². The average molecular weight is 348 g/mol. The van der Waals surface area contributed by atoms with Gasteiger partial charge in [0.1, 0.15) is 0 Å². The summed E-state index contributed by atoms with van der Waals surface area (Å²) in [6.45, 7) is 4.93. The predicted octanol–water partition coefficient (Wildman–Crippen LogP) is 1.49. The van der Waals surface area contributed by atoms with Crippen molar-refractivity contribution in [3.05, 3.63) is 35.4 Å². The maximum Gasteiger partial charge on any atom is 0.215 e. The highest BCUT2D eigenvalue weighted by molar-refractivity contribution is 7.89. The lowest BCUT2D eigenvalue weighted by atomic mass is 10.2. The van der Waals surface area contributed by atoms with Crippen molar-refractivity contribution >= 4 is 10.0 Å². The number of hydrogen-bond acceptors (Lipinski definition) is 4. The summed E-state index contributed by atoms with van der Waals surface area (Å²) in [6.07, 6.45) is -0.243. The fourth-order valence-corrected chi connectivity index (χ4v) is 4.11. The minimum Gasteiger partial charge on any atom is -0.373 e. The van der Waals surface area contributed by atoms with Crippen molar-refractivity contribution in [2.75, 3.05) is 25.4 Å². The molecule has 1 aromatic carbocycles. The Kier molecular flexibility index (Phi) is 6.07. The third-order valence-electron chi connectivity index (χ3n) is 3.63. The van der Waals surface area contributed by atoms with E-state index in [1.54, 1.807) is 0 Å². The smallest absolute Gasteiger partial charge is 0.215 e. The lowest BCUT2D eigenvalue weighted by molar-refractivity contribution is -0.0440. The number of sulfonamides is 1. The van der Waals surface area contributed by atoms with Crippen LogP contribution in [0.25, 0.3) is 0 Å². The number of hydrogen-bond donors (Lipinski definition) is 1. The minimum atomic E-state index is -3.36. The van der Waals surface area contributed by atoms with Crippen LogP contribution in [0.5, 0.6) is 0 Å². The van der Waals surface area contributed by atoms with E-state index in [9.17, 15) is 17.2 Å². The van der Waals surface area contributed by atoms with Crippen LogP contribution in [-0.2, 0) is 21.3 Å². The van der Waals surface area contributed by atoms with Gasteiger partial charge in [0.2, 0.25) is 10.0 Å². The first-order valence-electron chi connectivity index (χ1n) is 7.56. The fourth-order valence-electron chi connectivity index (χ4n) is 2.57. The van der Waals surface area contributed by atoms with Crippen LogP contribution < -0.4 is 5.32 Å². The molecule has 1 aliphatic rings. The van der Waals surface area contributed by atoms with Gasteiger partial charge in [-0.2, -0.15) is 4.31 Å². The molecule has 0 saturated carbocycles. The number of nitrogens with one attached hydrogen (secondary N) is 1. The average Bonchev–Trinajstić information content (AvgIpc) is 2.46. The third-order valence-corrected chi connectivity index (χ3v) is 5.43. The van der Waals surface area contributed by atoms with Crippen molar-refractivity contribution in [1.29, 1.82) is 0 Å². The van der Waals surface area contributed by atoms with E-state index in [2.05, 4.69) is 5.32 Å². The van der Waals surface area contributed by atoms with Crippen LogP contribution in [0, 0.1) is 11.6 Å². The van der Waals surface area contributed by atoms with E-state index in [1.165, 1.54) is 10.4 Å². The molecular formula is C15H22F2N2O3S. The molecule has 0 aliphatic carbocycles. The highest BCUT2D eigenvalue weighted by atomic mass is 32.2. The van der Waals surface area contributed by atoms with Gasteiger partial charge in [-0.1, -0.05) is 6.07 Å². The van der Waals surface area contributed by atoms with Gasteiger partial charge in [-0.15, -0.1) is 0 Å². The summed E-state index contributed by atoms with van der Waals surface area (Å²) in [6, 6.07) is 3.62. The molecule has 1 saturated heterocycles. The van der Waals surface area contributed by atoms with E-state index in [0.717, 1.165) is 12.1 Å². The van der Waals surface area contributed by atoms with Crippen molar-refractivity contribution in [3.8, 4) is 0 Å². The van der Waals surface area contributed by atoms with Gasteiger partial charge in [-0.05, 0) is 31.5 Å². The van der Waals surface area contributed by atoms with Gasteiger partial charge in [0.15, 0.2) is 11.6 Å². The number of morpholine rings is 1. The van der Waals surface area contributed by atoms with Gasteiger partial charge in [0.05, 0.1) is 18.0 Å². The number of benzene rings is 1. The Bertz CT molecular complexity index is 630. The zero-order valence-corrected chi connectivity index (χ0v) is 14.1. The second-order valence-corrected chi connectivity index (χ2v) is 7.90. The standard InChI is InChI=1S/C15H22F2N2O3S/c1-11-9-19(10-12(2)22-11)23(20,21)6-5-18-8-13-3-4-14(16)15(17)7-13/h3-4,7,11-12,18H,5-6,8-10H2,1-2H3/t11-,12-/m0/s1. The molecule has 1 fully saturated rings. The SMILES string of the molecule is C[C@H]1CN(S(=O)(=O)CCNCc2ccc(F)c(F)c2)C[C@H](C)O1. The van der Waals surface area contributed by atoms with Crippen LogP contribution in [-0.4, -0.2) is 50.3 Å². The van der Waals surface area contributed by atoms with Crippen molar-refractivity contribution in [3.63, 3.8) is 0 Å². The number of nitrogens with zero attached hydrogens (tertiary/aromatic N) is 1. The maximum atomic E-state index is 13.1. The van der Waals surface area contributed by atoms with Gasteiger partial charge >= 0.3 is 0 Å². The van der Waals surface area contributed by atoms with Crippen LogP contribution in [0.15, 0.2) is 18.2 Å². The molecule has 1 heterocycles.